The fourth-order valence-corrected chi connectivity index (χ4v) is 4.30. The van der Waals surface area contributed by atoms with E-state index < -0.39 is 0 Å². The van der Waals surface area contributed by atoms with Gasteiger partial charge in [-0.2, -0.15) is 0 Å². The van der Waals surface area contributed by atoms with Gasteiger partial charge in [-0.05, 0) is 43.5 Å². The minimum absolute atomic E-state index is 0.00228. The van der Waals surface area contributed by atoms with Gasteiger partial charge in [0.15, 0.2) is 0 Å². The van der Waals surface area contributed by atoms with Crippen molar-refractivity contribution >= 4 is 23.4 Å². The Morgan fingerprint density at radius 3 is 2.38 bits per heavy atom. The summed E-state index contributed by atoms with van der Waals surface area (Å²) in [4.78, 5) is 17.2. The van der Waals surface area contributed by atoms with Gasteiger partial charge in [-0.1, -0.05) is 42.5 Å². The van der Waals surface area contributed by atoms with Gasteiger partial charge in [0.1, 0.15) is 0 Å². The molecule has 0 unspecified atom stereocenters. The summed E-state index contributed by atoms with van der Waals surface area (Å²) >= 11 is 1.73. The minimum atomic E-state index is 0.00228. The molecule has 3 rings (SSSR count). The molecule has 0 N–H and O–H groups in total. The van der Waals surface area contributed by atoms with Gasteiger partial charge in [-0.25, -0.2) is 0 Å². The summed E-state index contributed by atoms with van der Waals surface area (Å²) in [6, 6.07) is 16.8. The Bertz CT molecular complexity index is 739. The molecule has 0 aliphatic carbocycles. The summed E-state index contributed by atoms with van der Waals surface area (Å²) in [5, 5.41) is 0.00228. The van der Waals surface area contributed by atoms with Crippen molar-refractivity contribution < 1.29 is 4.79 Å². The van der Waals surface area contributed by atoms with Gasteiger partial charge in [0.05, 0.1) is 5.25 Å². The summed E-state index contributed by atoms with van der Waals surface area (Å²) < 4.78 is 0. The highest BCUT2D eigenvalue weighted by Gasteiger charge is 2.25. The first-order valence-electron chi connectivity index (χ1n) is 9.31. The molecule has 0 saturated carbocycles. The molecule has 4 heteroatoms. The van der Waals surface area contributed by atoms with Crippen molar-refractivity contribution in [1.82, 2.24) is 4.90 Å². The van der Waals surface area contributed by atoms with Crippen LogP contribution >= 0.6 is 11.8 Å². The van der Waals surface area contributed by atoms with Crippen LogP contribution in [0.4, 0.5) is 5.69 Å². The molecule has 26 heavy (non-hydrogen) atoms. The normalized spacial score (nSPS) is 15.8. The maximum Gasteiger partial charge on any atom is 0.235 e. The quantitative estimate of drug-likeness (QED) is 0.787. The van der Waals surface area contributed by atoms with E-state index in [4.69, 9.17) is 0 Å². The molecular formula is C22H28N2OS. The number of hydrogen-bond donors (Lipinski definition) is 0. The molecule has 2 aromatic rings. The second-order valence-electron chi connectivity index (χ2n) is 6.97. The van der Waals surface area contributed by atoms with E-state index in [9.17, 15) is 4.79 Å². The Labute approximate surface area is 161 Å². The minimum Gasteiger partial charge on any atom is -0.368 e. The van der Waals surface area contributed by atoms with E-state index >= 15 is 0 Å². The van der Waals surface area contributed by atoms with Crippen LogP contribution in [0.25, 0.3) is 0 Å². The molecule has 2 aromatic carbocycles. The molecule has 1 aliphatic heterocycles. The summed E-state index contributed by atoms with van der Waals surface area (Å²) in [7, 11) is 0. The lowest BCUT2D eigenvalue weighted by Gasteiger charge is -2.38. The Kier molecular flexibility index (Phi) is 6.25. The predicted octanol–water partition coefficient (Wildman–Crippen LogP) is 4.27. The third-order valence-corrected chi connectivity index (χ3v) is 6.40. The molecular weight excluding hydrogens is 340 g/mol. The van der Waals surface area contributed by atoms with Crippen molar-refractivity contribution in [3.63, 3.8) is 0 Å². The van der Waals surface area contributed by atoms with Crippen LogP contribution in [0.5, 0.6) is 0 Å². The summed E-state index contributed by atoms with van der Waals surface area (Å²) in [6.07, 6.45) is 0. The number of carbonyl (C=O) groups is 1. The zero-order valence-electron chi connectivity index (χ0n) is 15.9. The number of hydrogen-bond acceptors (Lipinski definition) is 3. The van der Waals surface area contributed by atoms with Gasteiger partial charge in [-0.3, -0.25) is 4.79 Å². The van der Waals surface area contributed by atoms with Crippen molar-refractivity contribution in [2.24, 2.45) is 0 Å². The van der Waals surface area contributed by atoms with Gasteiger partial charge in [0.25, 0.3) is 0 Å². The molecule has 1 fully saturated rings. The van der Waals surface area contributed by atoms with Gasteiger partial charge in [0, 0.05) is 37.6 Å². The third kappa shape index (κ3) is 4.42. The maximum atomic E-state index is 12.8. The van der Waals surface area contributed by atoms with Crippen LogP contribution in [0.15, 0.2) is 48.5 Å². The van der Waals surface area contributed by atoms with Crippen LogP contribution in [-0.4, -0.2) is 42.2 Å². The fourth-order valence-electron chi connectivity index (χ4n) is 3.37. The lowest BCUT2D eigenvalue weighted by atomic mass is 10.1. The number of carbonyl (C=O) groups excluding carboxylic acids is 1. The predicted molar refractivity (Wildman–Crippen MR) is 112 cm³/mol. The number of amides is 1. The summed E-state index contributed by atoms with van der Waals surface area (Å²) in [6.45, 7) is 9.81. The van der Waals surface area contributed by atoms with E-state index in [1.54, 1.807) is 11.8 Å². The number of rotatable bonds is 5. The van der Waals surface area contributed by atoms with E-state index in [-0.39, 0.29) is 11.2 Å². The lowest BCUT2D eigenvalue weighted by Crippen LogP contribution is -2.50. The molecule has 0 aromatic heterocycles. The number of thioether (sulfide) groups is 1. The largest absolute Gasteiger partial charge is 0.368 e. The molecule has 0 spiro atoms. The standard InChI is InChI=1S/C22H28N2OS/c1-17-8-7-11-21(18(17)2)23-12-14-24(15-13-23)22(25)19(3)26-16-20-9-5-4-6-10-20/h4-11,19H,12-16H2,1-3H3/t19-/m1/s1. The van der Waals surface area contributed by atoms with Gasteiger partial charge >= 0.3 is 0 Å². The SMILES string of the molecule is Cc1cccc(N2CCN(C(=O)[C@@H](C)SCc3ccccc3)CC2)c1C. The average molecular weight is 369 g/mol. The van der Waals surface area contributed by atoms with Gasteiger partial charge in [0.2, 0.25) is 5.91 Å². The van der Waals surface area contributed by atoms with Crippen LogP contribution in [0.1, 0.15) is 23.6 Å². The monoisotopic (exact) mass is 368 g/mol. The average Bonchev–Trinajstić information content (AvgIpc) is 2.68. The van der Waals surface area contributed by atoms with E-state index in [2.05, 4.69) is 61.2 Å². The van der Waals surface area contributed by atoms with E-state index in [1.165, 1.54) is 22.4 Å². The Morgan fingerprint density at radius 1 is 1.00 bits per heavy atom. The maximum absolute atomic E-state index is 12.8. The molecule has 3 nitrogen and oxygen atoms in total. The van der Waals surface area contributed by atoms with Crippen molar-refractivity contribution in [2.45, 2.75) is 31.8 Å². The molecule has 1 heterocycles. The van der Waals surface area contributed by atoms with E-state index in [1.807, 2.05) is 17.9 Å². The van der Waals surface area contributed by atoms with Crippen LogP contribution in [0.3, 0.4) is 0 Å². The van der Waals surface area contributed by atoms with Crippen molar-refractivity contribution in [2.75, 3.05) is 31.1 Å². The molecule has 0 bridgehead atoms. The second kappa shape index (κ2) is 8.63. The van der Waals surface area contributed by atoms with Gasteiger partial charge in [-0.15, -0.1) is 11.8 Å². The Hall–Kier alpha value is -1.94. The van der Waals surface area contributed by atoms with E-state index in [0.29, 0.717) is 0 Å². The van der Waals surface area contributed by atoms with Crippen LogP contribution in [0, 0.1) is 13.8 Å². The topological polar surface area (TPSA) is 23.6 Å². The fraction of sp³-hybridized carbons (Fsp3) is 0.409. The molecule has 1 saturated heterocycles. The Morgan fingerprint density at radius 2 is 1.69 bits per heavy atom. The first kappa shape index (κ1) is 18.8. The second-order valence-corrected chi connectivity index (χ2v) is 8.30. The van der Waals surface area contributed by atoms with Crippen molar-refractivity contribution in [3.8, 4) is 0 Å². The van der Waals surface area contributed by atoms with Crippen LogP contribution < -0.4 is 4.90 Å². The number of piperazine rings is 1. The Balaban J connectivity index is 1.52. The van der Waals surface area contributed by atoms with Crippen LogP contribution in [0.2, 0.25) is 0 Å². The molecule has 138 valence electrons. The van der Waals surface area contributed by atoms with E-state index in [0.717, 1.165) is 31.9 Å². The highest BCUT2D eigenvalue weighted by molar-refractivity contribution is 7.99. The summed E-state index contributed by atoms with van der Waals surface area (Å²) in [5.41, 5.74) is 5.26. The summed E-state index contributed by atoms with van der Waals surface area (Å²) in [5.74, 6) is 1.16. The van der Waals surface area contributed by atoms with Crippen molar-refractivity contribution in [1.29, 1.82) is 0 Å². The lowest BCUT2D eigenvalue weighted by molar-refractivity contribution is -0.130. The number of aryl methyl sites for hydroxylation is 1. The van der Waals surface area contributed by atoms with Gasteiger partial charge < -0.3 is 9.80 Å². The first-order chi connectivity index (χ1) is 12.6. The van der Waals surface area contributed by atoms with Crippen LogP contribution in [-0.2, 0) is 10.5 Å². The molecule has 1 amide bonds. The highest BCUT2D eigenvalue weighted by Crippen LogP contribution is 2.25. The number of anilines is 1. The third-order valence-electron chi connectivity index (χ3n) is 5.20. The smallest absolute Gasteiger partial charge is 0.235 e. The zero-order chi connectivity index (χ0) is 18.5. The molecule has 0 radical (unpaired) electrons. The molecule has 1 aliphatic rings. The zero-order valence-corrected chi connectivity index (χ0v) is 16.8. The highest BCUT2D eigenvalue weighted by atomic mass is 32.2. The molecule has 1 atom stereocenters. The van der Waals surface area contributed by atoms with Crippen molar-refractivity contribution in [3.05, 3.63) is 65.2 Å². The number of nitrogens with zero attached hydrogens (tertiary/aromatic N) is 2. The number of benzene rings is 2. The first-order valence-corrected chi connectivity index (χ1v) is 10.4.